The zero-order valence-corrected chi connectivity index (χ0v) is 20.0. The molecule has 10 heteroatoms. The number of carbonyl (C=O) groups excluding carboxylic acids is 1. The van der Waals surface area contributed by atoms with Gasteiger partial charge in [0, 0.05) is 45.8 Å². The Bertz CT molecular complexity index is 1240. The maximum atomic E-state index is 13.2. The smallest absolute Gasteiger partial charge is 0.269 e. The Kier molecular flexibility index (Phi) is 6.78. The largest absolute Gasteiger partial charge is 0.384 e. The van der Waals surface area contributed by atoms with Crippen LogP contribution < -0.4 is 5.01 Å². The first-order chi connectivity index (χ1) is 15.8. The van der Waals surface area contributed by atoms with Gasteiger partial charge in [-0.15, -0.1) is 0 Å². The van der Waals surface area contributed by atoms with Crippen molar-refractivity contribution in [3.63, 3.8) is 0 Å². The van der Waals surface area contributed by atoms with Gasteiger partial charge in [0.2, 0.25) is 0 Å². The fourth-order valence-electron chi connectivity index (χ4n) is 4.22. The van der Waals surface area contributed by atoms with E-state index in [-0.39, 0.29) is 16.6 Å². The molecule has 0 bridgehead atoms. The average Bonchev–Trinajstić information content (AvgIpc) is 3.27. The maximum absolute atomic E-state index is 13.2. The molecule has 3 heterocycles. The van der Waals surface area contributed by atoms with Gasteiger partial charge in [0.05, 0.1) is 16.9 Å². The van der Waals surface area contributed by atoms with Gasteiger partial charge in [0.15, 0.2) is 11.5 Å². The van der Waals surface area contributed by atoms with E-state index in [1.165, 1.54) is 16.5 Å². The molecular weight excluding hydrogens is 442 g/mol. The lowest BCUT2D eigenvalue weighted by molar-refractivity contribution is -0.125. The molecule has 176 valence electrons. The molecule has 1 atom stereocenters. The van der Waals surface area contributed by atoms with Crippen LogP contribution in [0.2, 0.25) is 0 Å². The molecule has 1 aliphatic heterocycles. The van der Waals surface area contributed by atoms with Crippen LogP contribution in [-0.4, -0.2) is 67.0 Å². The van der Waals surface area contributed by atoms with Crippen LogP contribution in [0.1, 0.15) is 24.8 Å². The molecule has 4 rings (SSSR count). The summed E-state index contributed by atoms with van der Waals surface area (Å²) in [7, 11) is -0.316. The monoisotopic (exact) mass is 471 g/mol. The highest BCUT2D eigenvalue weighted by atomic mass is 32.2. The molecule has 2 aromatic heterocycles. The van der Waals surface area contributed by atoms with Gasteiger partial charge in [-0.3, -0.25) is 9.80 Å². The summed E-state index contributed by atoms with van der Waals surface area (Å²) in [6.45, 7) is 3.72. The van der Waals surface area contributed by atoms with Crippen LogP contribution >= 0.6 is 0 Å². The molecule has 1 unspecified atom stereocenters. The van der Waals surface area contributed by atoms with Gasteiger partial charge in [0.25, 0.3) is 10.0 Å². The lowest BCUT2D eigenvalue weighted by atomic mass is 9.93. The summed E-state index contributed by atoms with van der Waals surface area (Å²) in [5.74, 6) is 0.751. The number of piperidine rings is 1. The highest BCUT2D eigenvalue weighted by Gasteiger charge is 2.29. The molecule has 0 saturated carbocycles. The Morgan fingerprint density at radius 1 is 1.21 bits per heavy atom. The number of aromatic nitrogens is 3. The summed E-state index contributed by atoms with van der Waals surface area (Å²) >= 11 is 0. The van der Waals surface area contributed by atoms with Crippen molar-refractivity contribution in [3.05, 3.63) is 48.4 Å². The number of anilines is 1. The highest BCUT2D eigenvalue weighted by Crippen LogP contribution is 2.29. The van der Waals surface area contributed by atoms with Crippen LogP contribution in [0.25, 0.3) is 11.0 Å². The van der Waals surface area contributed by atoms with E-state index in [2.05, 4.69) is 15.0 Å². The number of fused-ring (bicyclic) bond motifs is 1. The number of aryl methyl sites for hydroxylation is 1. The Balaban J connectivity index is 1.62. The van der Waals surface area contributed by atoms with E-state index < -0.39 is 10.0 Å². The highest BCUT2D eigenvalue weighted by molar-refractivity contribution is 7.90. The number of ether oxygens (including phenoxy) is 1. The van der Waals surface area contributed by atoms with Crippen molar-refractivity contribution in [3.8, 4) is 0 Å². The summed E-state index contributed by atoms with van der Waals surface area (Å²) in [6, 6.07) is 8.46. The van der Waals surface area contributed by atoms with Crippen molar-refractivity contribution in [1.29, 1.82) is 0 Å². The van der Waals surface area contributed by atoms with E-state index in [4.69, 9.17) is 4.74 Å². The zero-order valence-electron chi connectivity index (χ0n) is 19.1. The number of rotatable bonds is 8. The standard InChI is InChI=1S/C23H29N5O4S/c1-17-6-8-19(9-7-17)33(30,31)28-13-10-20-22(24-16-25-23(20)28)26(2)27-12-4-5-18(15-27)21(29)11-14-32-3/h6-10,13,16,18H,4-5,11-12,14-15H2,1-3H3. The molecule has 0 radical (unpaired) electrons. The second kappa shape index (κ2) is 9.58. The lowest BCUT2D eigenvalue weighted by Crippen LogP contribution is -2.48. The number of ketones is 1. The molecule has 1 aliphatic rings. The molecule has 0 aliphatic carbocycles. The van der Waals surface area contributed by atoms with Crippen LogP contribution in [0, 0.1) is 12.8 Å². The summed E-state index contributed by atoms with van der Waals surface area (Å²) < 4.78 is 32.7. The van der Waals surface area contributed by atoms with Crippen molar-refractivity contribution in [2.75, 3.05) is 38.9 Å². The number of Topliss-reactive ketones (excluding diaryl/α,β-unsaturated/α-hetero) is 1. The van der Waals surface area contributed by atoms with E-state index in [1.807, 2.05) is 19.0 Å². The van der Waals surface area contributed by atoms with Gasteiger partial charge in [-0.05, 0) is 38.0 Å². The lowest BCUT2D eigenvalue weighted by Gasteiger charge is -2.38. The number of benzene rings is 1. The fourth-order valence-corrected chi connectivity index (χ4v) is 5.53. The van der Waals surface area contributed by atoms with Crippen LogP contribution in [-0.2, 0) is 19.6 Å². The van der Waals surface area contributed by atoms with Gasteiger partial charge < -0.3 is 4.74 Å². The number of methoxy groups -OCH3 is 1. The molecule has 0 spiro atoms. The van der Waals surface area contributed by atoms with Crippen molar-refractivity contribution >= 4 is 32.7 Å². The van der Waals surface area contributed by atoms with Crippen molar-refractivity contribution in [1.82, 2.24) is 18.9 Å². The van der Waals surface area contributed by atoms with Crippen LogP contribution in [0.4, 0.5) is 5.82 Å². The van der Waals surface area contributed by atoms with E-state index in [0.29, 0.717) is 36.4 Å². The van der Waals surface area contributed by atoms with Crippen LogP contribution in [0.3, 0.4) is 0 Å². The second-order valence-electron chi connectivity index (χ2n) is 8.35. The van der Waals surface area contributed by atoms with Gasteiger partial charge in [-0.1, -0.05) is 17.7 Å². The van der Waals surface area contributed by atoms with Crippen molar-refractivity contribution < 1.29 is 17.9 Å². The minimum absolute atomic E-state index is 0.0554. The van der Waals surface area contributed by atoms with Gasteiger partial charge in [-0.25, -0.2) is 27.4 Å². The van der Waals surface area contributed by atoms with Gasteiger partial charge in [-0.2, -0.15) is 0 Å². The fraction of sp³-hybridized carbons (Fsp3) is 0.435. The molecule has 0 N–H and O–H groups in total. The van der Waals surface area contributed by atoms with E-state index in [0.717, 1.165) is 24.9 Å². The zero-order chi connectivity index (χ0) is 23.6. The first kappa shape index (κ1) is 23.3. The normalized spacial score (nSPS) is 17.4. The molecule has 1 fully saturated rings. The third-order valence-corrected chi connectivity index (χ3v) is 7.82. The predicted octanol–water partition coefficient (Wildman–Crippen LogP) is 2.65. The predicted molar refractivity (Wildman–Crippen MR) is 125 cm³/mol. The molecule has 33 heavy (non-hydrogen) atoms. The summed E-state index contributed by atoms with van der Waals surface area (Å²) in [5, 5.41) is 4.62. The molecule has 9 nitrogen and oxygen atoms in total. The van der Waals surface area contributed by atoms with Crippen LogP contribution in [0.5, 0.6) is 0 Å². The Morgan fingerprint density at radius 3 is 2.70 bits per heavy atom. The number of hydrogen-bond donors (Lipinski definition) is 0. The third-order valence-electron chi connectivity index (χ3n) is 6.14. The Morgan fingerprint density at radius 2 is 1.97 bits per heavy atom. The minimum Gasteiger partial charge on any atom is -0.384 e. The minimum atomic E-state index is -3.80. The van der Waals surface area contributed by atoms with Crippen molar-refractivity contribution in [2.45, 2.75) is 31.1 Å². The average molecular weight is 472 g/mol. The molecule has 3 aromatic rings. The molecule has 1 saturated heterocycles. The van der Waals surface area contributed by atoms with Crippen LogP contribution in [0.15, 0.2) is 47.8 Å². The molecular formula is C23H29N5O4S. The van der Waals surface area contributed by atoms with Crippen molar-refractivity contribution in [2.24, 2.45) is 5.92 Å². The number of nitrogens with zero attached hydrogens (tertiary/aromatic N) is 5. The Hall–Kier alpha value is -2.82. The van der Waals surface area contributed by atoms with Gasteiger partial charge in [0.1, 0.15) is 12.1 Å². The second-order valence-corrected chi connectivity index (χ2v) is 10.2. The maximum Gasteiger partial charge on any atom is 0.269 e. The van der Waals surface area contributed by atoms with E-state index in [9.17, 15) is 13.2 Å². The Labute approximate surface area is 194 Å². The topological polar surface area (TPSA) is 97.6 Å². The molecule has 1 aromatic carbocycles. The van der Waals surface area contributed by atoms with E-state index >= 15 is 0 Å². The van der Waals surface area contributed by atoms with E-state index in [1.54, 1.807) is 37.4 Å². The quantitative estimate of drug-likeness (QED) is 0.495. The number of carbonyl (C=O) groups is 1. The number of hydrogen-bond acceptors (Lipinski definition) is 8. The first-order valence-electron chi connectivity index (χ1n) is 11.0. The molecule has 0 amide bonds. The van der Waals surface area contributed by atoms with Gasteiger partial charge >= 0.3 is 0 Å². The number of hydrazine groups is 1. The summed E-state index contributed by atoms with van der Waals surface area (Å²) in [5.41, 5.74) is 1.30. The third kappa shape index (κ3) is 4.64. The summed E-state index contributed by atoms with van der Waals surface area (Å²) in [6.07, 6.45) is 5.05. The summed E-state index contributed by atoms with van der Waals surface area (Å²) in [4.78, 5) is 21.4. The SMILES string of the molecule is COCCC(=O)C1CCCN(N(C)c2ncnc3c2ccn3S(=O)(=O)c2ccc(C)cc2)C1. The first-order valence-corrected chi connectivity index (χ1v) is 12.4.